The van der Waals surface area contributed by atoms with Crippen molar-refractivity contribution in [3.63, 3.8) is 0 Å². The molecular formula is C10H8ClNO. The van der Waals surface area contributed by atoms with E-state index in [9.17, 15) is 4.79 Å². The summed E-state index contributed by atoms with van der Waals surface area (Å²) >= 11 is 5.25. The van der Waals surface area contributed by atoms with Gasteiger partial charge in [-0.15, -0.1) is 0 Å². The summed E-state index contributed by atoms with van der Waals surface area (Å²) in [6, 6.07) is 7.35. The number of nitrogens with zero attached hydrogens (tertiary/aromatic N) is 1. The number of hydrogen-bond acceptors (Lipinski definition) is 2. The summed E-state index contributed by atoms with van der Waals surface area (Å²) in [7, 11) is 0. The van der Waals surface area contributed by atoms with Crippen LogP contribution in [0.3, 0.4) is 0 Å². The van der Waals surface area contributed by atoms with Crippen molar-refractivity contribution < 1.29 is 4.79 Å². The Morgan fingerprint density at radius 3 is 2.85 bits per heavy atom. The lowest BCUT2D eigenvalue weighted by Crippen LogP contribution is -1.97. The first kappa shape index (κ1) is 9.76. The number of hydrogen-bond donors (Lipinski definition) is 0. The van der Waals surface area contributed by atoms with Crippen molar-refractivity contribution in [1.82, 2.24) is 0 Å². The molecule has 2 nitrogen and oxygen atoms in total. The van der Waals surface area contributed by atoms with Crippen molar-refractivity contribution in [1.29, 1.82) is 5.26 Å². The maximum Gasteiger partial charge on any atom is 0.226 e. The van der Waals surface area contributed by atoms with Gasteiger partial charge in [0.05, 0.1) is 11.6 Å². The van der Waals surface area contributed by atoms with E-state index in [2.05, 4.69) is 0 Å². The molecule has 0 aromatic heterocycles. The van der Waals surface area contributed by atoms with Crippen molar-refractivity contribution in [2.75, 3.05) is 0 Å². The van der Waals surface area contributed by atoms with Crippen LogP contribution >= 0.6 is 11.6 Å². The third-order valence-corrected chi connectivity index (χ3v) is 1.84. The van der Waals surface area contributed by atoms with Gasteiger partial charge in [-0.2, -0.15) is 5.26 Å². The molecule has 1 rings (SSSR count). The van der Waals surface area contributed by atoms with Crippen molar-refractivity contribution >= 4 is 16.8 Å². The molecule has 0 saturated carbocycles. The molecule has 66 valence electrons. The number of nitriles is 1. The van der Waals surface area contributed by atoms with Gasteiger partial charge in [-0.1, -0.05) is 17.7 Å². The molecule has 0 unspecified atom stereocenters. The van der Waals surface area contributed by atoms with Gasteiger partial charge in [0.2, 0.25) is 5.24 Å². The quantitative estimate of drug-likeness (QED) is 0.676. The number of aryl methyl sites for hydroxylation is 1. The molecule has 0 aliphatic carbocycles. The zero-order chi connectivity index (χ0) is 9.84. The van der Waals surface area contributed by atoms with Crippen molar-refractivity contribution in [3.8, 4) is 6.07 Å². The minimum atomic E-state index is -0.442. The monoisotopic (exact) mass is 193 g/mol. The lowest BCUT2D eigenvalue weighted by Gasteiger charge is -2.01. The first-order valence-corrected chi connectivity index (χ1v) is 4.19. The minimum Gasteiger partial charge on any atom is -0.281 e. The summed E-state index contributed by atoms with van der Waals surface area (Å²) in [6.45, 7) is 1.91. The van der Waals surface area contributed by atoms with E-state index >= 15 is 0 Å². The number of benzene rings is 1. The van der Waals surface area contributed by atoms with Crippen LogP contribution in [0.5, 0.6) is 0 Å². The number of halogens is 1. The molecule has 0 atom stereocenters. The summed E-state index contributed by atoms with van der Waals surface area (Å²) < 4.78 is 0. The first-order chi connectivity index (χ1) is 6.13. The SMILES string of the molecule is Cc1ccc(C#N)c(CC(=O)Cl)c1. The second-order valence-electron chi connectivity index (χ2n) is 2.80. The van der Waals surface area contributed by atoms with Crippen molar-refractivity contribution in [2.24, 2.45) is 0 Å². The Balaban J connectivity index is 3.10. The molecule has 0 N–H and O–H groups in total. The molecule has 0 aliphatic rings. The third-order valence-electron chi connectivity index (χ3n) is 1.71. The average molecular weight is 194 g/mol. The minimum absolute atomic E-state index is 0.117. The van der Waals surface area contributed by atoms with Gasteiger partial charge in [-0.3, -0.25) is 4.79 Å². The Bertz CT molecular complexity index is 379. The molecule has 0 saturated heterocycles. The van der Waals surface area contributed by atoms with E-state index < -0.39 is 5.24 Å². The van der Waals surface area contributed by atoms with Gasteiger partial charge in [-0.05, 0) is 30.2 Å². The largest absolute Gasteiger partial charge is 0.281 e. The molecule has 0 amide bonds. The topological polar surface area (TPSA) is 40.9 Å². The van der Waals surface area contributed by atoms with Gasteiger partial charge in [-0.25, -0.2) is 0 Å². The Morgan fingerprint density at radius 2 is 2.31 bits per heavy atom. The molecule has 0 spiro atoms. The van der Waals surface area contributed by atoms with Gasteiger partial charge in [0.15, 0.2) is 0 Å². The number of carbonyl (C=O) groups excluding carboxylic acids is 1. The van der Waals surface area contributed by atoms with Crippen molar-refractivity contribution in [3.05, 3.63) is 34.9 Å². The van der Waals surface area contributed by atoms with Crippen LogP contribution in [0.15, 0.2) is 18.2 Å². The summed E-state index contributed by atoms with van der Waals surface area (Å²) in [5, 5.41) is 8.28. The van der Waals surface area contributed by atoms with E-state index in [4.69, 9.17) is 16.9 Å². The maximum atomic E-state index is 10.6. The fraction of sp³-hybridized carbons (Fsp3) is 0.200. The highest BCUT2D eigenvalue weighted by Gasteiger charge is 2.05. The predicted octanol–water partition coefficient (Wildman–Crippen LogP) is 2.17. The van der Waals surface area contributed by atoms with Crippen LogP contribution in [0.4, 0.5) is 0 Å². The average Bonchev–Trinajstić information content (AvgIpc) is 2.03. The third kappa shape index (κ3) is 2.57. The zero-order valence-corrected chi connectivity index (χ0v) is 7.93. The summed E-state index contributed by atoms with van der Waals surface area (Å²) in [6.07, 6.45) is 0.117. The smallest absolute Gasteiger partial charge is 0.226 e. The predicted molar refractivity (Wildman–Crippen MR) is 50.5 cm³/mol. The van der Waals surface area contributed by atoms with Crippen LogP contribution < -0.4 is 0 Å². The number of carbonyl (C=O) groups is 1. The maximum absolute atomic E-state index is 10.6. The van der Waals surface area contributed by atoms with E-state index in [0.29, 0.717) is 11.1 Å². The molecule has 0 radical (unpaired) electrons. The first-order valence-electron chi connectivity index (χ1n) is 3.81. The lowest BCUT2D eigenvalue weighted by molar-refractivity contribution is -0.111. The van der Waals surface area contributed by atoms with Gasteiger partial charge in [0.25, 0.3) is 0 Å². The Hall–Kier alpha value is -1.33. The molecule has 0 fully saturated rings. The van der Waals surface area contributed by atoms with Gasteiger partial charge >= 0.3 is 0 Å². The van der Waals surface area contributed by atoms with E-state index in [-0.39, 0.29) is 6.42 Å². The normalized spacial score (nSPS) is 9.31. The Labute approximate surface area is 81.7 Å². The van der Waals surface area contributed by atoms with Gasteiger partial charge in [0.1, 0.15) is 0 Å². The molecular weight excluding hydrogens is 186 g/mol. The summed E-state index contributed by atoms with van der Waals surface area (Å²) in [5.41, 5.74) is 2.23. The Morgan fingerprint density at radius 1 is 1.62 bits per heavy atom. The summed E-state index contributed by atoms with van der Waals surface area (Å²) in [5.74, 6) is 0. The van der Waals surface area contributed by atoms with Crippen LogP contribution in [-0.2, 0) is 11.2 Å². The van der Waals surface area contributed by atoms with Gasteiger partial charge < -0.3 is 0 Å². The standard InChI is InChI=1S/C10H8ClNO/c1-7-2-3-8(6-12)9(4-7)5-10(11)13/h2-4H,5H2,1H3. The van der Waals surface area contributed by atoms with Crippen molar-refractivity contribution in [2.45, 2.75) is 13.3 Å². The van der Waals surface area contributed by atoms with Crippen LogP contribution in [0.1, 0.15) is 16.7 Å². The molecule has 0 heterocycles. The van der Waals surface area contributed by atoms with Crippen LogP contribution in [0.2, 0.25) is 0 Å². The van der Waals surface area contributed by atoms with Crippen LogP contribution in [0, 0.1) is 18.3 Å². The van der Waals surface area contributed by atoms with Gasteiger partial charge in [0, 0.05) is 6.42 Å². The van der Waals surface area contributed by atoms with Crippen LogP contribution in [0.25, 0.3) is 0 Å². The molecule has 1 aromatic carbocycles. The van der Waals surface area contributed by atoms with E-state index in [0.717, 1.165) is 5.56 Å². The number of rotatable bonds is 2. The Kier molecular flexibility index (Phi) is 3.05. The zero-order valence-electron chi connectivity index (χ0n) is 7.17. The molecule has 13 heavy (non-hydrogen) atoms. The molecule has 3 heteroatoms. The second kappa shape index (κ2) is 4.06. The molecule has 1 aromatic rings. The molecule has 0 bridgehead atoms. The van der Waals surface area contributed by atoms with Crippen LogP contribution in [-0.4, -0.2) is 5.24 Å². The lowest BCUT2D eigenvalue weighted by atomic mass is 10.0. The molecule has 0 aliphatic heterocycles. The fourth-order valence-electron chi connectivity index (χ4n) is 1.13. The highest BCUT2D eigenvalue weighted by atomic mass is 35.5. The second-order valence-corrected chi connectivity index (χ2v) is 3.23. The van der Waals surface area contributed by atoms with E-state index in [1.165, 1.54) is 0 Å². The van der Waals surface area contributed by atoms with E-state index in [1.807, 2.05) is 19.1 Å². The summed E-state index contributed by atoms with van der Waals surface area (Å²) in [4.78, 5) is 10.6. The fourth-order valence-corrected chi connectivity index (χ4v) is 1.27. The highest BCUT2D eigenvalue weighted by molar-refractivity contribution is 6.63. The van der Waals surface area contributed by atoms with E-state index in [1.54, 1.807) is 12.1 Å². The highest BCUT2D eigenvalue weighted by Crippen LogP contribution is 2.12.